The van der Waals surface area contributed by atoms with E-state index in [2.05, 4.69) is 15.3 Å². The first-order valence-electron chi connectivity index (χ1n) is 8.13. The fraction of sp³-hybridized carbons (Fsp3) is 0.471. The average molecular weight is 330 g/mol. The molecule has 0 spiro atoms. The summed E-state index contributed by atoms with van der Waals surface area (Å²) >= 11 is 0. The van der Waals surface area contributed by atoms with Gasteiger partial charge in [0.2, 0.25) is 5.56 Å². The van der Waals surface area contributed by atoms with Crippen LogP contribution in [0.3, 0.4) is 0 Å². The van der Waals surface area contributed by atoms with E-state index in [1.165, 1.54) is 6.07 Å². The van der Waals surface area contributed by atoms with Gasteiger partial charge in [0.25, 0.3) is 5.91 Å². The second kappa shape index (κ2) is 7.00. The summed E-state index contributed by atoms with van der Waals surface area (Å²) in [5, 5.41) is 2.96. The zero-order chi connectivity index (χ0) is 17.1. The van der Waals surface area contributed by atoms with Gasteiger partial charge in [-0.2, -0.15) is 0 Å². The van der Waals surface area contributed by atoms with Gasteiger partial charge in [-0.15, -0.1) is 0 Å². The van der Waals surface area contributed by atoms with Crippen molar-refractivity contribution in [2.24, 2.45) is 13.0 Å². The maximum atomic E-state index is 12.4. The second-order valence-electron chi connectivity index (χ2n) is 6.16. The highest BCUT2D eigenvalue weighted by Crippen LogP contribution is 2.32. The lowest BCUT2D eigenvalue weighted by molar-refractivity contribution is -0.0337. The molecule has 2 aromatic rings. The summed E-state index contributed by atoms with van der Waals surface area (Å²) in [7, 11) is 1.94. The molecule has 2 N–H and O–H groups in total. The lowest BCUT2D eigenvalue weighted by Crippen LogP contribution is -2.36. The number of pyridine rings is 1. The molecular formula is C17H22N4O3. The monoisotopic (exact) mass is 330 g/mol. The van der Waals surface area contributed by atoms with Gasteiger partial charge in [0.1, 0.15) is 11.9 Å². The third-order valence-electron chi connectivity index (χ3n) is 4.44. The van der Waals surface area contributed by atoms with Crippen LogP contribution >= 0.6 is 0 Å². The summed E-state index contributed by atoms with van der Waals surface area (Å²) in [4.78, 5) is 30.7. The maximum Gasteiger partial charge on any atom is 0.253 e. The number of aromatic amines is 1. The van der Waals surface area contributed by atoms with Crippen LogP contribution in [0.15, 0.2) is 29.3 Å². The minimum Gasteiger partial charge on any atom is -0.370 e. The molecule has 2 atom stereocenters. The lowest BCUT2D eigenvalue weighted by atomic mass is 9.93. The zero-order valence-corrected chi connectivity index (χ0v) is 13.9. The van der Waals surface area contributed by atoms with Gasteiger partial charge in [-0.3, -0.25) is 9.59 Å². The summed E-state index contributed by atoms with van der Waals surface area (Å²) in [6.45, 7) is 2.94. The van der Waals surface area contributed by atoms with Crippen LogP contribution in [0.1, 0.15) is 40.8 Å². The van der Waals surface area contributed by atoms with Crippen LogP contribution in [0.2, 0.25) is 0 Å². The molecule has 3 heterocycles. The Balaban J connectivity index is 1.69. The van der Waals surface area contributed by atoms with Gasteiger partial charge in [-0.1, -0.05) is 0 Å². The predicted octanol–water partition coefficient (Wildman–Crippen LogP) is 1.31. The van der Waals surface area contributed by atoms with Crippen molar-refractivity contribution < 1.29 is 9.53 Å². The first-order valence-corrected chi connectivity index (χ1v) is 8.13. The number of H-pyrrole nitrogens is 1. The largest absolute Gasteiger partial charge is 0.370 e. The van der Waals surface area contributed by atoms with E-state index in [1.54, 1.807) is 19.2 Å². The van der Waals surface area contributed by atoms with Gasteiger partial charge in [0.15, 0.2) is 0 Å². The zero-order valence-electron chi connectivity index (χ0n) is 13.9. The van der Waals surface area contributed by atoms with Gasteiger partial charge in [-0.25, -0.2) is 4.98 Å². The van der Waals surface area contributed by atoms with Gasteiger partial charge < -0.3 is 19.6 Å². The van der Waals surface area contributed by atoms with Gasteiger partial charge in [0, 0.05) is 50.3 Å². The molecule has 1 amide bonds. The second-order valence-corrected chi connectivity index (χ2v) is 6.16. The highest BCUT2D eigenvalue weighted by atomic mass is 16.5. The number of aryl methyl sites for hydroxylation is 2. The number of nitrogens with one attached hydrogen (secondary N) is 2. The number of imidazole rings is 1. The number of amides is 1. The third-order valence-corrected chi connectivity index (χ3v) is 4.44. The molecule has 1 aliphatic rings. The summed E-state index contributed by atoms with van der Waals surface area (Å²) in [6.07, 6.45) is 5.48. The molecule has 0 saturated carbocycles. The highest BCUT2D eigenvalue weighted by molar-refractivity contribution is 5.95. The van der Waals surface area contributed by atoms with Crippen LogP contribution in [0.25, 0.3) is 0 Å². The predicted molar refractivity (Wildman–Crippen MR) is 88.8 cm³/mol. The molecule has 1 fully saturated rings. The number of nitrogens with zero attached hydrogens (tertiary/aromatic N) is 2. The van der Waals surface area contributed by atoms with Crippen molar-refractivity contribution >= 4 is 5.91 Å². The molecule has 0 bridgehead atoms. The van der Waals surface area contributed by atoms with Crippen molar-refractivity contribution in [2.45, 2.75) is 25.9 Å². The Morgan fingerprint density at radius 3 is 3.04 bits per heavy atom. The van der Waals surface area contributed by atoms with Crippen LogP contribution in [-0.2, 0) is 11.8 Å². The highest BCUT2D eigenvalue weighted by Gasteiger charge is 2.30. The molecule has 2 aromatic heterocycles. The first-order chi connectivity index (χ1) is 11.6. The van der Waals surface area contributed by atoms with Crippen molar-refractivity contribution in [3.8, 4) is 0 Å². The van der Waals surface area contributed by atoms with E-state index in [0.717, 1.165) is 18.7 Å². The fourth-order valence-corrected chi connectivity index (χ4v) is 3.13. The Labute approximate surface area is 140 Å². The Bertz CT molecular complexity index is 780. The molecule has 0 unspecified atom stereocenters. The van der Waals surface area contributed by atoms with E-state index in [-0.39, 0.29) is 23.5 Å². The number of ether oxygens (including phenoxy) is 1. The SMILES string of the molecule is Cc1[nH]c(=O)ccc1C(=O)NC[C@@H]1CCCO[C@H]1c1nccn1C. The van der Waals surface area contributed by atoms with Crippen LogP contribution in [0, 0.1) is 12.8 Å². The van der Waals surface area contributed by atoms with Gasteiger partial charge >= 0.3 is 0 Å². The minimum atomic E-state index is -0.209. The van der Waals surface area contributed by atoms with Crippen molar-refractivity contribution in [1.29, 1.82) is 0 Å². The molecule has 3 rings (SSSR count). The number of carbonyl (C=O) groups excluding carboxylic acids is 1. The Morgan fingerprint density at radius 1 is 1.50 bits per heavy atom. The molecule has 1 aliphatic heterocycles. The topological polar surface area (TPSA) is 89.0 Å². The molecule has 7 heteroatoms. The van der Waals surface area contributed by atoms with E-state index < -0.39 is 0 Å². The number of hydrogen-bond donors (Lipinski definition) is 2. The Hall–Kier alpha value is -2.41. The number of carbonyl (C=O) groups is 1. The van der Waals surface area contributed by atoms with E-state index in [1.807, 2.05) is 17.8 Å². The summed E-state index contributed by atoms with van der Waals surface area (Å²) < 4.78 is 7.87. The van der Waals surface area contributed by atoms with E-state index in [0.29, 0.717) is 24.4 Å². The number of rotatable bonds is 4. The fourth-order valence-electron chi connectivity index (χ4n) is 3.13. The maximum absolute atomic E-state index is 12.4. The molecule has 24 heavy (non-hydrogen) atoms. The van der Waals surface area contributed by atoms with E-state index in [4.69, 9.17) is 4.74 Å². The van der Waals surface area contributed by atoms with Crippen LogP contribution < -0.4 is 10.9 Å². The Morgan fingerprint density at radius 2 is 2.33 bits per heavy atom. The van der Waals surface area contributed by atoms with Crippen molar-refractivity contribution in [3.05, 3.63) is 52.0 Å². The quantitative estimate of drug-likeness (QED) is 0.885. The van der Waals surface area contributed by atoms with Crippen molar-refractivity contribution in [1.82, 2.24) is 19.9 Å². The van der Waals surface area contributed by atoms with Crippen LogP contribution in [0.5, 0.6) is 0 Å². The smallest absolute Gasteiger partial charge is 0.253 e. The van der Waals surface area contributed by atoms with E-state index in [9.17, 15) is 9.59 Å². The van der Waals surface area contributed by atoms with E-state index >= 15 is 0 Å². The number of hydrogen-bond acceptors (Lipinski definition) is 4. The molecule has 128 valence electrons. The summed E-state index contributed by atoms with van der Waals surface area (Å²) in [5.74, 6) is 0.869. The average Bonchev–Trinajstić information content (AvgIpc) is 2.99. The van der Waals surface area contributed by atoms with Crippen molar-refractivity contribution in [2.75, 3.05) is 13.2 Å². The molecule has 0 aliphatic carbocycles. The van der Waals surface area contributed by atoms with Crippen LogP contribution in [-0.4, -0.2) is 33.6 Å². The number of aromatic nitrogens is 3. The molecule has 1 saturated heterocycles. The normalized spacial score (nSPS) is 20.8. The van der Waals surface area contributed by atoms with Crippen LogP contribution in [0.4, 0.5) is 0 Å². The molecule has 7 nitrogen and oxygen atoms in total. The molecule has 0 radical (unpaired) electrons. The summed E-state index contributed by atoms with van der Waals surface area (Å²) in [5.41, 5.74) is 0.847. The standard InChI is InChI=1S/C17H22N4O3/c1-11-13(5-6-14(22)20-11)17(23)19-10-12-4-3-9-24-15(12)16-18-7-8-21(16)2/h5-8,12,15H,3-4,9-10H2,1-2H3,(H,19,23)(H,20,22)/t12-,15+/m0/s1. The van der Waals surface area contributed by atoms with Gasteiger partial charge in [0.05, 0.1) is 5.56 Å². The minimum absolute atomic E-state index is 0.115. The Kier molecular flexibility index (Phi) is 4.80. The van der Waals surface area contributed by atoms with Crippen molar-refractivity contribution in [3.63, 3.8) is 0 Å². The molecular weight excluding hydrogens is 308 g/mol. The lowest BCUT2D eigenvalue weighted by Gasteiger charge is -2.31. The third kappa shape index (κ3) is 3.41. The molecule has 0 aromatic carbocycles. The summed E-state index contributed by atoms with van der Waals surface area (Å²) in [6, 6.07) is 2.92. The van der Waals surface area contributed by atoms with Gasteiger partial charge in [-0.05, 0) is 25.8 Å². The first kappa shape index (κ1) is 16.4.